The Labute approximate surface area is 180 Å². The van der Waals surface area contributed by atoms with E-state index in [4.69, 9.17) is 0 Å². The highest BCUT2D eigenvalue weighted by Gasteiger charge is 2.08. The number of benzene rings is 2. The lowest BCUT2D eigenvalue weighted by Crippen LogP contribution is -2.19. The van der Waals surface area contributed by atoms with Crippen molar-refractivity contribution in [3.8, 4) is 0 Å². The number of carbonyl (C=O) groups excluding carboxylic acids is 1. The summed E-state index contributed by atoms with van der Waals surface area (Å²) in [5.74, 6) is 0.934. The summed E-state index contributed by atoms with van der Waals surface area (Å²) in [4.78, 5) is 13.1. The van der Waals surface area contributed by atoms with E-state index >= 15 is 0 Å². The predicted molar refractivity (Wildman–Crippen MR) is 121 cm³/mol. The van der Waals surface area contributed by atoms with Crippen LogP contribution in [0.25, 0.3) is 0 Å². The van der Waals surface area contributed by atoms with Gasteiger partial charge in [-0.25, -0.2) is 5.43 Å². The van der Waals surface area contributed by atoms with Gasteiger partial charge in [-0.2, -0.15) is 5.10 Å². The number of thioether (sulfide) groups is 3. The van der Waals surface area contributed by atoms with Crippen molar-refractivity contribution in [2.45, 2.75) is 19.3 Å². The fraction of sp³-hybridized carbons (Fsp3) is 0.158. The molecular formula is C19H18N4OS4. The van der Waals surface area contributed by atoms with Gasteiger partial charge < -0.3 is 0 Å². The summed E-state index contributed by atoms with van der Waals surface area (Å²) >= 11 is 6.20. The van der Waals surface area contributed by atoms with Gasteiger partial charge in [-0.05, 0) is 29.5 Å². The van der Waals surface area contributed by atoms with E-state index < -0.39 is 0 Å². The van der Waals surface area contributed by atoms with Gasteiger partial charge in [0.05, 0.1) is 12.0 Å². The van der Waals surface area contributed by atoms with Gasteiger partial charge in [0, 0.05) is 10.6 Å². The third kappa shape index (κ3) is 6.97. The molecule has 0 bridgehead atoms. The first-order valence-electron chi connectivity index (χ1n) is 8.32. The molecule has 28 heavy (non-hydrogen) atoms. The van der Waals surface area contributed by atoms with Crippen molar-refractivity contribution in [2.24, 2.45) is 5.10 Å². The summed E-state index contributed by atoms with van der Waals surface area (Å²) in [5, 5.41) is 12.3. The molecule has 2 aromatic carbocycles. The van der Waals surface area contributed by atoms with Crippen LogP contribution in [0, 0.1) is 0 Å². The van der Waals surface area contributed by atoms with Crippen LogP contribution in [-0.4, -0.2) is 34.3 Å². The summed E-state index contributed by atoms with van der Waals surface area (Å²) in [6.45, 7) is 0. The van der Waals surface area contributed by atoms with Crippen molar-refractivity contribution in [3.63, 3.8) is 0 Å². The molecule has 0 fully saturated rings. The molecule has 3 rings (SSSR count). The molecule has 3 aromatic rings. The number of hydrogen-bond acceptors (Lipinski definition) is 8. The fourth-order valence-electron chi connectivity index (χ4n) is 2.06. The molecule has 0 radical (unpaired) electrons. The van der Waals surface area contributed by atoms with Gasteiger partial charge >= 0.3 is 0 Å². The van der Waals surface area contributed by atoms with Gasteiger partial charge in [-0.15, -0.1) is 22.0 Å². The molecule has 1 amide bonds. The maximum atomic E-state index is 11.9. The predicted octanol–water partition coefficient (Wildman–Crippen LogP) is 4.79. The third-order valence-electron chi connectivity index (χ3n) is 3.44. The Kier molecular flexibility index (Phi) is 8.41. The number of nitrogens with one attached hydrogen (secondary N) is 1. The zero-order valence-corrected chi connectivity index (χ0v) is 18.3. The second-order valence-electron chi connectivity index (χ2n) is 5.46. The minimum atomic E-state index is -0.171. The van der Waals surface area contributed by atoms with Gasteiger partial charge in [0.25, 0.3) is 5.91 Å². The lowest BCUT2D eigenvalue weighted by Gasteiger charge is -1.98. The van der Waals surface area contributed by atoms with Crippen molar-refractivity contribution in [1.29, 1.82) is 0 Å². The fourth-order valence-corrected chi connectivity index (χ4v) is 5.24. The molecular weight excluding hydrogens is 429 g/mol. The summed E-state index contributed by atoms with van der Waals surface area (Å²) in [5.41, 5.74) is 4.73. The molecule has 9 heteroatoms. The maximum absolute atomic E-state index is 11.9. The van der Waals surface area contributed by atoms with Gasteiger partial charge in [-0.3, -0.25) is 4.79 Å². The molecule has 0 aliphatic rings. The number of hydrazone groups is 1. The van der Waals surface area contributed by atoms with Crippen LogP contribution in [0.2, 0.25) is 0 Å². The zero-order valence-electron chi connectivity index (χ0n) is 15.1. The Bertz CT molecular complexity index is 913. The molecule has 144 valence electrons. The Morgan fingerprint density at radius 1 is 1.07 bits per heavy atom. The Balaban J connectivity index is 1.39. The lowest BCUT2D eigenvalue weighted by molar-refractivity contribution is -0.118. The lowest BCUT2D eigenvalue weighted by atomic mass is 10.2. The van der Waals surface area contributed by atoms with Gasteiger partial charge in [0.1, 0.15) is 0 Å². The van der Waals surface area contributed by atoms with E-state index in [0.29, 0.717) is 0 Å². The first kappa shape index (κ1) is 20.9. The van der Waals surface area contributed by atoms with Crippen LogP contribution < -0.4 is 5.43 Å². The van der Waals surface area contributed by atoms with Crippen molar-refractivity contribution < 1.29 is 4.79 Å². The van der Waals surface area contributed by atoms with Crippen LogP contribution >= 0.6 is 46.6 Å². The number of rotatable bonds is 9. The highest BCUT2D eigenvalue weighted by Crippen LogP contribution is 2.30. The number of hydrogen-bond donors (Lipinski definition) is 1. The quantitative estimate of drug-likeness (QED) is 0.289. The molecule has 0 aliphatic heterocycles. The Hall–Kier alpha value is -1.81. The third-order valence-corrected chi connectivity index (χ3v) is 7.44. The maximum Gasteiger partial charge on any atom is 0.250 e. The van der Waals surface area contributed by atoms with Crippen molar-refractivity contribution in [3.05, 3.63) is 65.7 Å². The van der Waals surface area contributed by atoms with E-state index in [1.165, 1.54) is 33.6 Å². The summed E-state index contributed by atoms with van der Waals surface area (Å²) in [6, 6.07) is 18.2. The van der Waals surface area contributed by atoms with Crippen molar-refractivity contribution in [1.82, 2.24) is 15.6 Å². The SMILES string of the molecule is CSc1ccc(/C=N\NC(=O)CSc2nnc(SCc3ccccc3)s2)cc1. The summed E-state index contributed by atoms with van der Waals surface area (Å²) in [6.07, 6.45) is 3.67. The second-order valence-corrected chi connectivity index (χ2v) is 9.77. The molecule has 0 unspecified atom stereocenters. The van der Waals surface area contributed by atoms with Crippen LogP contribution in [0.4, 0.5) is 0 Å². The molecule has 0 aliphatic carbocycles. The van der Waals surface area contributed by atoms with Crippen LogP contribution in [0.3, 0.4) is 0 Å². The number of amides is 1. The van der Waals surface area contributed by atoms with Gasteiger partial charge in [0.2, 0.25) is 0 Å². The molecule has 1 aromatic heterocycles. The van der Waals surface area contributed by atoms with Gasteiger partial charge in [-0.1, -0.05) is 77.3 Å². The first-order valence-corrected chi connectivity index (χ1v) is 12.3. The van der Waals surface area contributed by atoms with Crippen molar-refractivity contribution >= 4 is 58.7 Å². The summed E-state index contributed by atoms with van der Waals surface area (Å²) in [7, 11) is 0. The highest BCUT2D eigenvalue weighted by molar-refractivity contribution is 8.03. The topological polar surface area (TPSA) is 67.2 Å². The molecule has 1 heterocycles. The largest absolute Gasteiger partial charge is 0.272 e. The average molecular weight is 447 g/mol. The molecule has 0 atom stereocenters. The van der Waals surface area contributed by atoms with Gasteiger partial charge in [0.15, 0.2) is 8.68 Å². The van der Waals surface area contributed by atoms with E-state index in [2.05, 4.69) is 32.9 Å². The highest BCUT2D eigenvalue weighted by atomic mass is 32.2. The molecule has 5 nitrogen and oxygen atoms in total. The standard InChI is InChI=1S/C19H18N4OS4/c1-25-16-9-7-14(8-10-16)11-20-21-17(24)13-27-19-23-22-18(28-19)26-12-15-5-3-2-4-6-15/h2-11H,12-13H2,1H3,(H,21,24)/b20-11-. The molecule has 0 saturated heterocycles. The van der Waals surface area contributed by atoms with Crippen LogP contribution in [0.15, 0.2) is 73.3 Å². The number of aromatic nitrogens is 2. The summed E-state index contributed by atoms with van der Waals surface area (Å²) < 4.78 is 1.68. The van der Waals surface area contributed by atoms with Crippen LogP contribution in [-0.2, 0) is 10.5 Å². The second kappa shape index (κ2) is 11.3. The van der Waals surface area contributed by atoms with E-state index in [9.17, 15) is 4.79 Å². The van der Waals surface area contributed by atoms with Crippen molar-refractivity contribution in [2.75, 3.05) is 12.0 Å². The van der Waals surface area contributed by atoms with Crippen LogP contribution in [0.1, 0.15) is 11.1 Å². The Morgan fingerprint density at radius 3 is 2.50 bits per heavy atom. The first-order chi connectivity index (χ1) is 13.7. The van der Waals surface area contributed by atoms with Crippen LogP contribution in [0.5, 0.6) is 0 Å². The van der Waals surface area contributed by atoms with E-state index in [1.807, 2.05) is 48.7 Å². The zero-order chi connectivity index (χ0) is 19.6. The Morgan fingerprint density at radius 2 is 1.79 bits per heavy atom. The number of carbonyl (C=O) groups is 1. The number of nitrogens with zero attached hydrogens (tertiary/aromatic N) is 3. The normalized spacial score (nSPS) is 11.0. The average Bonchev–Trinajstić information content (AvgIpc) is 3.20. The molecule has 0 saturated carbocycles. The molecule has 1 N–H and O–H groups in total. The minimum absolute atomic E-state index is 0.171. The van der Waals surface area contributed by atoms with E-state index in [0.717, 1.165) is 20.0 Å². The minimum Gasteiger partial charge on any atom is -0.272 e. The van der Waals surface area contributed by atoms with E-state index in [1.54, 1.807) is 29.7 Å². The molecule has 0 spiro atoms. The van der Waals surface area contributed by atoms with E-state index in [-0.39, 0.29) is 11.7 Å². The monoisotopic (exact) mass is 446 g/mol. The smallest absolute Gasteiger partial charge is 0.250 e.